The number of aromatic nitrogens is 1. The van der Waals surface area contributed by atoms with Gasteiger partial charge in [0.1, 0.15) is 0 Å². The summed E-state index contributed by atoms with van der Waals surface area (Å²) in [6.07, 6.45) is 0. The largest absolute Gasteiger partial charge is 0.493 e. The van der Waals surface area contributed by atoms with Crippen molar-refractivity contribution in [2.45, 2.75) is 0 Å². The number of ketones is 1. The van der Waals surface area contributed by atoms with E-state index in [0.717, 1.165) is 22.0 Å². The molecule has 0 saturated carbocycles. The topological polar surface area (TPSA) is 60.6 Å². The Hall–Kier alpha value is -3.73. The zero-order chi connectivity index (χ0) is 20.4. The highest BCUT2D eigenvalue weighted by atomic mass is 16.5. The first-order valence-corrected chi connectivity index (χ1v) is 9.18. The molecule has 0 aliphatic heterocycles. The molecule has 0 unspecified atom stereocenters. The zero-order valence-electron chi connectivity index (χ0n) is 16.5. The number of carbonyl (C=O) groups is 1. The number of methoxy groups -OCH3 is 3. The lowest BCUT2D eigenvalue weighted by Gasteiger charge is -2.14. The lowest BCUT2D eigenvalue weighted by Crippen LogP contribution is -2.06. The van der Waals surface area contributed by atoms with Gasteiger partial charge in [-0.3, -0.25) is 4.79 Å². The van der Waals surface area contributed by atoms with E-state index in [2.05, 4.69) is 4.98 Å². The van der Waals surface area contributed by atoms with Crippen LogP contribution in [0.1, 0.15) is 16.1 Å². The molecule has 5 heteroatoms. The van der Waals surface area contributed by atoms with Crippen molar-refractivity contribution in [1.29, 1.82) is 0 Å². The van der Waals surface area contributed by atoms with Crippen molar-refractivity contribution in [2.75, 3.05) is 21.3 Å². The van der Waals surface area contributed by atoms with Gasteiger partial charge in [-0.05, 0) is 23.8 Å². The average molecular weight is 387 g/mol. The van der Waals surface area contributed by atoms with Crippen LogP contribution in [0.2, 0.25) is 0 Å². The highest BCUT2D eigenvalue weighted by Crippen LogP contribution is 2.40. The molecule has 0 bridgehead atoms. The van der Waals surface area contributed by atoms with Crippen LogP contribution in [0.4, 0.5) is 0 Å². The minimum Gasteiger partial charge on any atom is -0.493 e. The number of fused-ring (bicyclic) bond motifs is 1. The van der Waals surface area contributed by atoms with Gasteiger partial charge < -0.3 is 19.2 Å². The monoisotopic (exact) mass is 387 g/mol. The first-order valence-electron chi connectivity index (χ1n) is 9.18. The van der Waals surface area contributed by atoms with Crippen LogP contribution >= 0.6 is 0 Å². The van der Waals surface area contributed by atoms with Crippen molar-refractivity contribution in [3.8, 4) is 28.4 Å². The maximum atomic E-state index is 13.6. The van der Waals surface area contributed by atoms with Gasteiger partial charge in [-0.2, -0.15) is 0 Å². The zero-order valence-corrected chi connectivity index (χ0v) is 16.5. The van der Waals surface area contributed by atoms with Crippen LogP contribution in [0.15, 0.2) is 66.7 Å². The van der Waals surface area contributed by atoms with Gasteiger partial charge in [0.15, 0.2) is 11.5 Å². The lowest BCUT2D eigenvalue weighted by atomic mass is 9.97. The van der Waals surface area contributed by atoms with Crippen molar-refractivity contribution in [1.82, 2.24) is 4.98 Å². The van der Waals surface area contributed by atoms with Crippen molar-refractivity contribution >= 4 is 16.7 Å². The minimum atomic E-state index is -0.153. The predicted octanol–water partition coefficient (Wildman–Crippen LogP) is 5.09. The Balaban J connectivity index is 1.93. The summed E-state index contributed by atoms with van der Waals surface area (Å²) in [5.41, 5.74) is 3.72. The standard InChI is InChI=1S/C24H21NO4/c1-27-19-13-16(14-20(28-2)24(19)29-3)23(26)22-21(15-9-5-4-6-10-15)17-11-7-8-12-18(17)25-22/h4-14,25H,1-3H3. The van der Waals surface area contributed by atoms with E-state index < -0.39 is 0 Å². The molecular weight excluding hydrogens is 366 g/mol. The third-order valence-corrected chi connectivity index (χ3v) is 4.92. The van der Waals surface area contributed by atoms with E-state index in [-0.39, 0.29) is 5.78 Å². The molecule has 0 aliphatic rings. The van der Waals surface area contributed by atoms with Crippen molar-refractivity contribution in [2.24, 2.45) is 0 Å². The van der Waals surface area contributed by atoms with Gasteiger partial charge in [-0.25, -0.2) is 0 Å². The van der Waals surface area contributed by atoms with Gasteiger partial charge in [0.05, 0.1) is 27.0 Å². The summed E-state index contributed by atoms with van der Waals surface area (Å²) in [5.74, 6) is 1.17. The van der Waals surface area contributed by atoms with Gasteiger partial charge in [0, 0.05) is 22.0 Å². The molecule has 0 spiro atoms. The second-order valence-electron chi connectivity index (χ2n) is 6.53. The number of rotatable bonds is 6. The Morgan fingerprint density at radius 3 is 2.03 bits per heavy atom. The summed E-state index contributed by atoms with van der Waals surface area (Å²) in [5, 5.41) is 0.995. The van der Waals surface area contributed by atoms with Gasteiger partial charge in [0.2, 0.25) is 11.5 Å². The normalized spacial score (nSPS) is 10.7. The number of hydrogen-bond donors (Lipinski definition) is 1. The lowest BCUT2D eigenvalue weighted by molar-refractivity contribution is 0.103. The smallest absolute Gasteiger partial charge is 0.210 e. The number of H-pyrrole nitrogens is 1. The molecule has 0 aliphatic carbocycles. The van der Waals surface area contributed by atoms with Crippen molar-refractivity contribution < 1.29 is 19.0 Å². The Morgan fingerprint density at radius 1 is 0.793 bits per heavy atom. The first-order chi connectivity index (χ1) is 14.2. The Bertz CT molecular complexity index is 1150. The Kier molecular flexibility index (Phi) is 4.96. The summed E-state index contributed by atoms with van der Waals surface area (Å²) in [7, 11) is 4.60. The highest BCUT2D eigenvalue weighted by molar-refractivity contribution is 6.17. The maximum Gasteiger partial charge on any atom is 0.210 e. The fourth-order valence-corrected chi connectivity index (χ4v) is 3.57. The molecule has 3 aromatic carbocycles. The van der Waals surface area contributed by atoms with Crippen LogP contribution in [0.25, 0.3) is 22.0 Å². The van der Waals surface area contributed by atoms with Crippen LogP contribution in [0.5, 0.6) is 17.2 Å². The van der Waals surface area contributed by atoms with E-state index in [1.54, 1.807) is 12.1 Å². The molecule has 29 heavy (non-hydrogen) atoms. The molecule has 0 amide bonds. The molecule has 4 aromatic rings. The van der Waals surface area contributed by atoms with Crippen molar-refractivity contribution in [3.05, 3.63) is 78.0 Å². The summed E-state index contributed by atoms with van der Waals surface area (Å²) in [6.45, 7) is 0. The SMILES string of the molecule is COc1cc(C(=O)c2[nH]c3ccccc3c2-c2ccccc2)cc(OC)c1OC. The molecule has 5 nitrogen and oxygen atoms in total. The number of nitrogens with one attached hydrogen (secondary N) is 1. The fraction of sp³-hybridized carbons (Fsp3) is 0.125. The molecule has 0 radical (unpaired) electrons. The molecule has 0 saturated heterocycles. The second-order valence-corrected chi connectivity index (χ2v) is 6.53. The highest BCUT2D eigenvalue weighted by Gasteiger charge is 2.23. The summed E-state index contributed by atoms with van der Waals surface area (Å²) in [4.78, 5) is 16.9. The van der Waals surface area contributed by atoms with E-state index in [0.29, 0.717) is 28.5 Å². The third kappa shape index (κ3) is 3.21. The van der Waals surface area contributed by atoms with Crippen LogP contribution < -0.4 is 14.2 Å². The molecule has 146 valence electrons. The molecule has 4 rings (SSSR count). The molecule has 0 atom stereocenters. The summed E-state index contributed by atoms with van der Waals surface area (Å²) < 4.78 is 16.2. The number of ether oxygens (including phenoxy) is 3. The quantitative estimate of drug-likeness (QED) is 0.468. The Labute approximate surface area is 168 Å². The van der Waals surface area contributed by atoms with E-state index in [1.165, 1.54) is 21.3 Å². The molecule has 1 N–H and O–H groups in total. The number of benzene rings is 3. The maximum absolute atomic E-state index is 13.6. The van der Waals surface area contributed by atoms with E-state index in [9.17, 15) is 4.79 Å². The minimum absolute atomic E-state index is 0.153. The van der Waals surface area contributed by atoms with E-state index in [4.69, 9.17) is 14.2 Å². The average Bonchev–Trinajstić information content (AvgIpc) is 3.17. The number of carbonyl (C=O) groups excluding carboxylic acids is 1. The van der Waals surface area contributed by atoms with Gasteiger partial charge in [-0.1, -0.05) is 48.5 Å². The summed E-state index contributed by atoms with van der Waals surface area (Å²) >= 11 is 0. The van der Waals surface area contributed by atoms with Gasteiger partial charge in [-0.15, -0.1) is 0 Å². The third-order valence-electron chi connectivity index (χ3n) is 4.92. The number of hydrogen-bond acceptors (Lipinski definition) is 4. The van der Waals surface area contributed by atoms with Gasteiger partial charge in [0.25, 0.3) is 0 Å². The van der Waals surface area contributed by atoms with Gasteiger partial charge >= 0.3 is 0 Å². The molecular formula is C24H21NO4. The van der Waals surface area contributed by atoms with Crippen LogP contribution in [-0.2, 0) is 0 Å². The second kappa shape index (κ2) is 7.72. The van der Waals surface area contributed by atoms with Crippen molar-refractivity contribution in [3.63, 3.8) is 0 Å². The summed E-state index contributed by atoms with van der Waals surface area (Å²) in [6, 6.07) is 21.1. The Morgan fingerprint density at radius 2 is 1.41 bits per heavy atom. The molecule has 1 heterocycles. The molecule has 0 fully saturated rings. The molecule has 1 aromatic heterocycles. The first kappa shape index (κ1) is 18.6. The number of para-hydroxylation sites is 1. The number of aromatic amines is 1. The predicted molar refractivity (Wildman–Crippen MR) is 113 cm³/mol. The fourth-order valence-electron chi connectivity index (χ4n) is 3.57. The van der Waals surface area contributed by atoms with Crippen LogP contribution in [-0.4, -0.2) is 32.1 Å². The van der Waals surface area contributed by atoms with E-state index in [1.807, 2.05) is 54.6 Å². The van der Waals surface area contributed by atoms with E-state index >= 15 is 0 Å². The van der Waals surface area contributed by atoms with Crippen LogP contribution in [0, 0.1) is 0 Å². The van der Waals surface area contributed by atoms with Crippen LogP contribution in [0.3, 0.4) is 0 Å².